The molecule has 0 aliphatic rings. The Balaban J connectivity index is 1.90. The van der Waals surface area contributed by atoms with E-state index in [1.54, 1.807) is 4.68 Å². The lowest BCUT2D eigenvalue weighted by atomic mass is 9.92. The van der Waals surface area contributed by atoms with E-state index in [0.717, 1.165) is 22.6 Å². The standard InChI is InChI=1S/C22H26N4O/c1-15-9-11-18(12-10-15)26-20(14-19(25-26)22(3,4)5)24-21(27)23-17-8-6-7-16(2)13-17/h6-14H,1-5H3,(H2,23,24,27). The smallest absolute Gasteiger partial charge is 0.308 e. The van der Waals surface area contributed by atoms with Gasteiger partial charge in [-0.25, -0.2) is 9.48 Å². The third-order valence-corrected chi connectivity index (χ3v) is 4.27. The Kier molecular flexibility index (Phi) is 5.04. The van der Waals surface area contributed by atoms with E-state index in [9.17, 15) is 4.79 Å². The van der Waals surface area contributed by atoms with Gasteiger partial charge in [-0.2, -0.15) is 5.10 Å². The van der Waals surface area contributed by atoms with Gasteiger partial charge < -0.3 is 5.32 Å². The predicted molar refractivity (Wildman–Crippen MR) is 111 cm³/mol. The number of aromatic nitrogens is 2. The van der Waals surface area contributed by atoms with Crippen LogP contribution in [0.2, 0.25) is 0 Å². The molecule has 140 valence electrons. The van der Waals surface area contributed by atoms with Gasteiger partial charge in [-0.05, 0) is 43.7 Å². The second kappa shape index (κ2) is 7.27. The van der Waals surface area contributed by atoms with Crippen LogP contribution in [0.4, 0.5) is 16.3 Å². The number of aryl methyl sites for hydroxylation is 2. The summed E-state index contributed by atoms with van der Waals surface area (Å²) in [5.74, 6) is 0.633. The second-order valence-corrected chi connectivity index (χ2v) is 7.86. The summed E-state index contributed by atoms with van der Waals surface area (Å²) in [5, 5.41) is 10.5. The normalized spacial score (nSPS) is 11.3. The van der Waals surface area contributed by atoms with Crippen molar-refractivity contribution >= 4 is 17.5 Å². The maximum absolute atomic E-state index is 12.5. The van der Waals surface area contributed by atoms with E-state index >= 15 is 0 Å². The number of hydrogen-bond acceptors (Lipinski definition) is 2. The highest BCUT2D eigenvalue weighted by atomic mass is 16.2. The first kappa shape index (κ1) is 18.7. The number of nitrogens with one attached hydrogen (secondary N) is 2. The van der Waals surface area contributed by atoms with Crippen LogP contribution in [0.15, 0.2) is 54.6 Å². The Morgan fingerprint density at radius 1 is 0.926 bits per heavy atom. The Bertz CT molecular complexity index is 949. The molecule has 0 atom stereocenters. The first-order valence-corrected chi connectivity index (χ1v) is 9.05. The molecule has 0 saturated carbocycles. The van der Waals surface area contributed by atoms with Gasteiger partial charge in [0.15, 0.2) is 0 Å². The maximum atomic E-state index is 12.5. The average molecular weight is 362 g/mol. The van der Waals surface area contributed by atoms with E-state index in [-0.39, 0.29) is 11.4 Å². The number of amides is 2. The molecule has 2 N–H and O–H groups in total. The molecule has 0 bridgehead atoms. The Hall–Kier alpha value is -3.08. The van der Waals surface area contributed by atoms with E-state index in [1.165, 1.54) is 5.56 Å². The molecular formula is C22H26N4O. The monoisotopic (exact) mass is 362 g/mol. The van der Waals surface area contributed by atoms with Crippen LogP contribution < -0.4 is 10.6 Å². The molecule has 5 heteroatoms. The topological polar surface area (TPSA) is 59.0 Å². The zero-order valence-corrected chi connectivity index (χ0v) is 16.5. The summed E-state index contributed by atoms with van der Waals surface area (Å²) in [4.78, 5) is 12.5. The van der Waals surface area contributed by atoms with Crippen LogP contribution in [0.25, 0.3) is 5.69 Å². The fourth-order valence-electron chi connectivity index (χ4n) is 2.72. The maximum Gasteiger partial charge on any atom is 0.324 e. The van der Waals surface area contributed by atoms with Crippen molar-refractivity contribution in [2.75, 3.05) is 10.6 Å². The number of benzene rings is 2. The molecule has 0 aliphatic heterocycles. The van der Waals surface area contributed by atoms with Gasteiger partial charge >= 0.3 is 6.03 Å². The zero-order chi connectivity index (χ0) is 19.6. The third kappa shape index (κ3) is 4.56. The predicted octanol–water partition coefficient (Wildman–Crippen LogP) is 5.43. The van der Waals surface area contributed by atoms with Crippen molar-refractivity contribution in [3.63, 3.8) is 0 Å². The quantitative estimate of drug-likeness (QED) is 0.652. The minimum Gasteiger partial charge on any atom is -0.308 e. The Morgan fingerprint density at radius 2 is 1.63 bits per heavy atom. The number of urea groups is 1. The summed E-state index contributed by atoms with van der Waals surface area (Å²) in [5.41, 5.74) is 4.71. The molecule has 2 aromatic carbocycles. The fourth-order valence-corrected chi connectivity index (χ4v) is 2.72. The molecule has 0 fully saturated rings. The number of carbonyl (C=O) groups is 1. The van der Waals surface area contributed by atoms with Gasteiger partial charge in [0, 0.05) is 17.2 Å². The molecule has 0 saturated heterocycles. The van der Waals surface area contributed by atoms with Crippen LogP contribution >= 0.6 is 0 Å². The van der Waals surface area contributed by atoms with Crippen molar-refractivity contribution in [3.05, 3.63) is 71.4 Å². The van der Waals surface area contributed by atoms with Crippen LogP contribution in [-0.4, -0.2) is 15.8 Å². The van der Waals surface area contributed by atoms with Crippen LogP contribution in [0.5, 0.6) is 0 Å². The lowest BCUT2D eigenvalue weighted by Gasteiger charge is -2.14. The summed E-state index contributed by atoms with van der Waals surface area (Å²) in [6.07, 6.45) is 0. The van der Waals surface area contributed by atoms with Crippen LogP contribution in [0.3, 0.4) is 0 Å². The fraction of sp³-hybridized carbons (Fsp3) is 0.273. The number of anilines is 2. The Morgan fingerprint density at radius 3 is 2.26 bits per heavy atom. The second-order valence-electron chi connectivity index (χ2n) is 7.86. The lowest BCUT2D eigenvalue weighted by Crippen LogP contribution is -2.21. The number of hydrogen-bond donors (Lipinski definition) is 2. The molecule has 3 aromatic rings. The summed E-state index contributed by atoms with van der Waals surface area (Å²) < 4.78 is 1.77. The molecule has 3 rings (SSSR count). The molecule has 0 radical (unpaired) electrons. The van der Waals surface area contributed by atoms with Crippen LogP contribution in [-0.2, 0) is 5.41 Å². The lowest BCUT2D eigenvalue weighted by molar-refractivity contribution is 0.262. The van der Waals surface area contributed by atoms with E-state index in [0.29, 0.717) is 5.82 Å². The highest BCUT2D eigenvalue weighted by Gasteiger charge is 2.21. The van der Waals surface area contributed by atoms with Gasteiger partial charge in [0.05, 0.1) is 11.4 Å². The molecule has 27 heavy (non-hydrogen) atoms. The van der Waals surface area contributed by atoms with Crippen molar-refractivity contribution in [1.82, 2.24) is 9.78 Å². The number of rotatable bonds is 3. The molecule has 1 heterocycles. The van der Waals surface area contributed by atoms with Crippen LogP contribution in [0, 0.1) is 13.8 Å². The molecule has 0 unspecified atom stereocenters. The minimum atomic E-state index is -0.297. The molecule has 0 spiro atoms. The number of carbonyl (C=O) groups excluding carboxylic acids is 1. The van der Waals surface area contributed by atoms with E-state index in [1.807, 2.05) is 68.4 Å². The highest BCUT2D eigenvalue weighted by Crippen LogP contribution is 2.26. The van der Waals surface area contributed by atoms with Crippen molar-refractivity contribution in [3.8, 4) is 5.69 Å². The van der Waals surface area contributed by atoms with E-state index in [4.69, 9.17) is 5.10 Å². The van der Waals surface area contributed by atoms with Crippen molar-refractivity contribution < 1.29 is 4.79 Å². The van der Waals surface area contributed by atoms with E-state index < -0.39 is 0 Å². The van der Waals surface area contributed by atoms with Crippen molar-refractivity contribution in [2.24, 2.45) is 0 Å². The van der Waals surface area contributed by atoms with Gasteiger partial charge in [0.1, 0.15) is 5.82 Å². The molecular weight excluding hydrogens is 336 g/mol. The van der Waals surface area contributed by atoms with Gasteiger partial charge in [0.25, 0.3) is 0 Å². The molecule has 5 nitrogen and oxygen atoms in total. The molecule has 1 aromatic heterocycles. The SMILES string of the molecule is Cc1ccc(-n2nc(C(C)(C)C)cc2NC(=O)Nc2cccc(C)c2)cc1. The summed E-state index contributed by atoms with van der Waals surface area (Å²) in [6.45, 7) is 10.3. The molecule has 2 amide bonds. The van der Waals surface area contributed by atoms with Gasteiger partial charge in [-0.15, -0.1) is 0 Å². The molecule has 0 aliphatic carbocycles. The highest BCUT2D eigenvalue weighted by molar-refractivity contribution is 5.99. The first-order chi connectivity index (χ1) is 12.7. The average Bonchev–Trinajstić information content (AvgIpc) is 2.99. The zero-order valence-electron chi connectivity index (χ0n) is 16.5. The first-order valence-electron chi connectivity index (χ1n) is 9.05. The summed E-state index contributed by atoms with van der Waals surface area (Å²) >= 11 is 0. The summed E-state index contributed by atoms with van der Waals surface area (Å²) in [6, 6.07) is 17.4. The van der Waals surface area contributed by atoms with Crippen LogP contribution in [0.1, 0.15) is 37.6 Å². The number of nitrogens with zero attached hydrogens (tertiary/aromatic N) is 2. The summed E-state index contributed by atoms with van der Waals surface area (Å²) in [7, 11) is 0. The van der Waals surface area contributed by atoms with Gasteiger partial charge in [-0.1, -0.05) is 50.6 Å². The van der Waals surface area contributed by atoms with E-state index in [2.05, 4.69) is 31.4 Å². The van der Waals surface area contributed by atoms with Crippen molar-refractivity contribution in [1.29, 1.82) is 0 Å². The van der Waals surface area contributed by atoms with Crippen molar-refractivity contribution in [2.45, 2.75) is 40.0 Å². The minimum absolute atomic E-state index is 0.126. The Labute approximate surface area is 160 Å². The third-order valence-electron chi connectivity index (χ3n) is 4.27. The largest absolute Gasteiger partial charge is 0.324 e. The van der Waals surface area contributed by atoms with Gasteiger partial charge in [0.2, 0.25) is 0 Å². The van der Waals surface area contributed by atoms with Gasteiger partial charge in [-0.3, -0.25) is 5.32 Å².